The van der Waals surface area contributed by atoms with Crippen LogP contribution in [0.4, 0.5) is 0 Å². The van der Waals surface area contributed by atoms with E-state index < -0.39 is 0 Å². The Morgan fingerprint density at radius 2 is 1.93 bits per heavy atom. The molecule has 1 heterocycles. The van der Waals surface area contributed by atoms with Gasteiger partial charge < -0.3 is 10.5 Å². The topological polar surface area (TPSA) is 48.1 Å². The minimum Gasteiger partial charge on any atom is -0.475 e. The average Bonchev–Trinajstić information content (AvgIpc) is 2.04. The van der Waals surface area contributed by atoms with E-state index in [0.29, 0.717) is 5.88 Å². The molecule has 0 bridgehead atoms. The van der Waals surface area contributed by atoms with E-state index in [1.807, 2.05) is 32.9 Å². The van der Waals surface area contributed by atoms with Crippen LogP contribution < -0.4 is 10.5 Å². The van der Waals surface area contributed by atoms with E-state index >= 15 is 0 Å². The summed E-state index contributed by atoms with van der Waals surface area (Å²) < 4.78 is 5.40. The van der Waals surface area contributed by atoms with Crippen LogP contribution in [0.5, 0.6) is 5.88 Å². The summed E-state index contributed by atoms with van der Waals surface area (Å²) in [6.07, 6.45) is 1.91. The second-order valence-corrected chi connectivity index (χ2v) is 3.39. The molecule has 0 radical (unpaired) electrons. The van der Waals surface area contributed by atoms with Gasteiger partial charge in [-0.25, -0.2) is 4.98 Å². The van der Waals surface area contributed by atoms with Gasteiger partial charge in [0.05, 0.1) is 6.10 Å². The van der Waals surface area contributed by atoms with Gasteiger partial charge in [0, 0.05) is 18.3 Å². The fourth-order valence-electron chi connectivity index (χ4n) is 0.972. The summed E-state index contributed by atoms with van der Waals surface area (Å²) in [5, 5.41) is 0. The van der Waals surface area contributed by atoms with Crippen molar-refractivity contribution in [1.82, 2.24) is 4.98 Å². The van der Waals surface area contributed by atoms with E-state index in [1.54, 1.807) is 6.20 Å². The molecule has 0 aliphatic rings. The van der Waals surface area contributed by atoms with Gasteiger partial charge in [0.1, 0.15) is 0 Å². The second-order valence-electron chi connectivity index (χ2n) is 3.39. The lowest BCUT2D eigenvalue weighted by molar-refractivity contribution is 0.232. The van der Waals surface area contributed by atoms with Crippen molar-refractivity contribution in [2.75, 3.05) is 0 Å². The highest BCUT2D eigenvalue weighted by Crippen LogP contribution is 2.13. The van der Waals surface area contributed by atoms with Gasteiger partial charge in [-0.2, -0.15) is 0 Å². The smallest absolute Gasteiger partial charge is 0.213 e. The quantitative estimate of drug-likeness (QED) is 0.844. The van der Waals surface area contributed by atoms with Gasteiger partial charge in [-0.15, -0.1) is 12.4 Å². The summed E-state index contributed by atoms with van der Waals surface area (Å²) in [5.41, 5.74) is 6.71. The summed E-state index contributed by atoms with van der Waals surface area (Å²) in [6, 6.07) is 3.81. The van der Waals surface area contributed by atoms with Crippen LogP contribution in [0, 0.1) is 0 Å². The van der Waals surface area contributed by atoms with Gasteiger partial charge >= 0.3 is 0 Å². The average molecular weight is 217 g/mol. The van der Waals surface area contributed by atoms with Gasteiger partial charge in [-0.05, 0) is 26.3 Å². The van der Waals surface area contributed by atoms with Crippen LogP contribution in [0.25, 0.3) is 0 Å². The molecule has 0 aliphatic heterocycles. The van der Waals surface area contributed by atoms with Crippen molar-refractivity contribution in [3.63, 3.8) is 0 Å². The van der Waals surface area contributed by atoms with Crippen molar-refractivity contribution >= 4 is 12.4 Å². The number of aromatic nitrogens is 1. The van der Waals surface area contributed by atoms with E-state index in [-0.39, 0.29) is 24.6 Å². The first-order chi connectivity index (χ1) is 6.09. The molecule has 0 amide bonds. The molecular formula is C10H17ClN2O. The molecule has 3 nitrogen and oxygen atoms in total. The lowest BCUT2D eigenvalue weighted by Gasteiger charge is -2.09. The number of nitrogens with zero attached hydrogens (tertiary/aromatic N) is 1. The monoisotopic (exact) mass is 216 g/mol. The third kappa shape index (κ3) is 3.94. The largest absolute Gasteiger partial charge is 0.475 e. The Morgan fingerprint density at radius 3 is 2.29 bits per heavy atom. The van der Waals surface area contributed by atoms with Crippen LogP contribution in [0.2, 0.25) is 0 Å². The fourth-order valence-corrected chi connectivity index (χ4v) is 0.972. The maximum absolute atomic E-state index is 5.68. The van der Waals surface area contributed by atoms with E-state index in [1.165, 1.54) is 0 Å². The van der Waals surface area contributed by atoms with Crippen LogP contribution in [-0.4, -0.2) is 11.1 Å². The Kier molecular flexibility index (Phi) is 5.50. The molecule has 0 unspecified atom stereocenters. The minimum atomic E-state index is 0. The first-order valence-electron chi connectivity index (χ1n) is 4.48. The van der Waals surface area contributed by atoms with Crippen molar-refractivity contribution in [2.24, 2.45) is 5.73 Å². The number of hydrogen-bond acceptors (Lipinski definition) is 3. The van der Waals surface area contributed by atoms with Crippen molar-refractivity contribution < 1.29 is 4.74 Å². The molecule has 80 valence electrons. The minimum absolute atomic E-state index is 0. The first-order valence-corrected chi connectivity index (χ1v) is 4.48. The van der Waals surface area contributed by atoms with Gasteiger partial charge in [0.15, 0.2) is 0 Å². The number of hydrogen-bond donors (Lipinski definition) is 1. The molecular weight excluding hydrogens is 200 g/mol. The van der Waals surface area contributed by atoms with Crippen LogP contribution in [0.3, 0.4) is 0 Å². The number of rotatable bonds is 3. The molecule has 1 rings (SSSR count). The summed E-state index contributed by atoms with van der Waals surface area (Å²) >= 11 is 0. The Balaban J connectivity index is 0.00000169. The van der Waals surface area contributed by atoms with Crippen LogP contribution in [0.1, 0.15) is 32.4 Å². The second kappa shape index (κ2) is 5.83. The highest BCUT2D eigenvalue weighted by molar-refractivity contribution is 5.85. The van der Waals surface area contributed by atoms with Gasteiger partial charge in [0.25, 0.3) is 0 Å². The van der Waals surface area contributed by atoms with Crippen LogP contribution in [-0.2, 0) is 0 Å². The highest BCUT2D eigenvalue weighted by Gasteiger charge is 2.01. The summed E-state index contributed by atoms with van der Waals surface area (Å²) in [5.74, 6) is 0.652. The zero-order valence-electron chi connectivity index (χ0n) is 8.73. The van der Waals surface area contributed by atoms with Gasteiger partial charge in [-0.3, -0.25) is 0 Å². The molecule has 2 N–H and O–H groups in total. The van der Waals surface area contributed by atoms with Gasteiger partial charge in [-0.1, -0.05) is 6.07 Å². The van der Waals surface area contributed by atoms with E-state index in [4.69, 9.17) is 10.5 Å². The Bertz CT molecular complexity index is 259. The lowest BCUT2D eigenvalue weighted by atomic mass is 10.2. The maximum atomic E-state index is 5.68. The summed E-state index contributed by atoms with van der Waals surface area (Å²) in [4.78, 5) is 4.14. The Hall–Kier alpha value is -0.800. The predicted molar refractivity (Wildman–Crippen MR) is 59.9 cm³/mol. The number of nitrogens with two attached hydrogens (primary N) is 1. The van der Waals surface area contributed by atoms with Crippen LogP contribution in [0.15, 0.2) is 18.3 Å². The molecule has 0 saturated heterocycles. The Morgan fingerprint density at radius 1 is 1.29 bits per heavy atom. The molecule has 1 aromatic rings. The molecule has 0 spiro atoms. The normalized spacial score (nSPS) is 12.1. The number of halogens is 1. The van der Waals surface area contributed by atoms with E-state index in [0.717, 1.165) is 5.56 Å². The number of pyridine rings is 1. The zero-order chi connectivity index (χ0) is 9.84. The zero-order valence-corrected chi connectivity index (χ0v) is 9.54. The maximum Gasteiger partial charge on any atom is 0.213 e. The molecule has 4 heteroatoms. The molecule has 14 heavy (non-hydrogen) atoms. The molecule has 0 fully saturated rings. The SMILES string of the molecule is CC(C)Oc1ccc([C@H](C)N)cn1.Cl. The molecule has 1 aromatic heterocycles. The first kappa shape index (κ1) is 13.2. The summed E-state index contributed by atoms with van der Waals surface area (Å²) in [6.45, 7) is 5.88. The molecule has 1 atom stereocenters. The van der Waals surface area contributed by atoms with Gasteiger partial charge in [0.2, 0.25) is 5.88 Å². The summed E-state index contributed by atoms with van der Waals surface area (Å²) in [7, 11) is 0. The van der Waals surface area contributed by atoms with Crippen molar-refractivity contribution in [2.45, 2.75) is 32.9 Å². The van der Waals surface area contributed by atoms with Crippen LogP contribution >= 0.6 is 12.4 Å². The van der Waals surface area contributed by atoms with E-state index in [2.05, 4.69) is 4.98 Å². The van der Waals surface area contributed by atoms with Crippen molar-refractivity contribution in [3.8, 4) is 5.88 Å². The standard InChI is InChI=1S/C10H16N2O.ClH/c1-7(2)13-10-5-4-9(6-12-10)8(3)11;/h4-8H,11H2,1-3H3;1H/t8-;/m0./s1. The molecule has 0 aliphatic carbocycles. The molecule has 0 aromatic carbocycles. The third-order valence-corrected chi connectivity index (χ3v) is 1.64. The lowest BCUT2D eigenvalue weighted by Crippen LogP contribution is -2.08. The Labute approximate surface area is 91.1 Å². The van der Waals surface area contributed by atoms with Crippen molar-refractivity contribution in [1.29, 1.82) is 0 Å². The van der Waals surface area contributed by atoms with Crippen molar-refractivity contribution in [3.05, 3.63) is 23.9 Å². The molecule has 0 saturated carbocycles. The fraction of sp³-hybridized carbons (Fsp3) is 0.500. The predicted octanol–water partition coefficient (Wildman–Crippen LogP) is 2.31. The number of ether oxygens (including phenoxy) is 1. The highest BCUT2D eigenvalue weighted by atomic mass is 35.5. The third-order valence-electron chi connectivity index (χ3n) is 1.64. The van der Waals surface area contributed by atoms with E-state index in [9.17, 15) is 0 Å².